The lowest BCUT2D eigenvalue weighted by atomic mass is 9.92. The van der Waals surface area contributed by atoms with Crippen molar-refractivity contribution in [1.29, 1.82) is 0 Å². The average Bonchev–Trinajstić information content (AvgIpc) is 2.42. The second-order valence-corrected chi connectivity index (χ2v) is 5.42. The summed E-state index contributed by atoms with van der Waals surface area (Å²) >= 11 is 0. The predicted octanol–water partition coefficient (Wildman–Crippen LogP) is 3.68. The van der Waals surface area contributed by atoms with Gasteiger partial charge in [-0.15, -0.1) is 0 Å². The van der Waals surface area contributed by atoms with Gasteiger partial charge in [0.2, 0.25) is 0 Å². The first-order valence-corrected chi connectivity index (χ1v) is 7.30. The van der Waals surface area contributed by atoms with Gasteiger partial charge in [-0.05, 0) is 30.5 Å². The van der Waals surface area contributed by atoms with Crippen molar-refractivity contribution in [2.45, 2.75) is 51.9 Å². The van der Waals surface area contributed by atoms with Gasteiger partial charge in [0.25, 0.3) is 0 Å². The van der Waals surface area contributed by atoms with E-state index in [1.54, 1.807) is 12.1 Å². The van der Waals surface area contributed by atoms with Gasteiger partial charge in [-0.3, -0.25) is 0 Å². The smallest absolute Gasteiger partial charge is 0.123 e. The lowest BCUT2D eigenvalue weighted by Crippen LogP contribution is -2.49. The fourth-order valence-electron chi connectivity index (χ4n) is 2.91. The highest BCUT2D eigenvalue weighted by molar-refractivity contribution is 5.21. The van der Waals surface area contributed by atoms with Crippen LogP contribution in [-0.2, 0) is 4.74 Å². The Kier molecular flexibility index (Phi) is 4.94. The lowest BCUT2D eigenvalue weighted by molar-refractivity contribution is -0.0882. The van der Waals surface area contributed by atoms with E-state index >= 15 is 0 Å². The lowest BCUT2D eigenvalue weighted by Gasteiger charge is -2.39. The topological polar surface area (TPSA) is 21.3 Å². The molecule has 1 aliphatic rings. The number of hydrogen-bond donors (Lipinski definition) is 1. The molecule has 0 aromatic heterocycles. The van der Waals surface area contributed by atoms with E-state index in [2.05, 4.69) is 26.1 Å². The van der Waals surface area contributed by atoms with Crippen LogP contribution in [0.2, 0.25) is 0 Å². The monoisotopic (exact) mass is 265 g/mol. The van der Waals surface area contributed by atoms with E-state index in [0.717, 1.165) is 24.9 Å². The van der Waals surface area contributed by atoms with E-state index in [1.165, 1.54) is 6.07 Å². The third-order valence-corrected chi connectivity index (χ3v) is 4.17. The molecule has 1 fully saturated rings. The van der Waals surface area contributed by atoms with Gasteiger partial charge in [0.15, 0.2) is 0 Å². The summed E-state index contributed by atoms with van der Waals surface area (Å²) in [5, 5.41) is 3.50. The van der Waals surface area contributed by atoms with Crippen LogP contribution in [0.4, 0.5) is 4.39 Å². The summed E-state index contributed by atoms with van der Waals surface area (Å²) in [5.41, 5.74) is 0.927. The number of benzene rings is 1. The molecule has 0 amide bonds. The molecule has 0 spiro atoms. The minimum atomic E-state index is -0.196. The fourth-order valence-corrected chi connectivity index (χ4v) is 2.91. The molecular formula is C16H24FNO. The summed E-state index contributed by atoms with van der Waals surface area (Å²) in [5.74, 6) is 0.369. The zero-order valence-electron chi connectivity index (χ0n) is 12.0. The summed E-state index contributed by atoms with van der Waals surface area (Å²) in [6.07, 6.45) is 2.40. The van der Waals surface area contributed by atoms with Gasteiger partial charge in [-0.25, -0.2) is 4.39 Å². The molecule has 3 heteroatoms. The van der Waals surface area contributed by atoms with Gasteiger partial charge in [-0.2, -0.15) is 0 Å². The average molecular weight is 265 g/mol. The largest absolute Gasteiger partial charge is 0.367 e. The Balaban J connectivity index is 2.14. The van der Waals surface area contributed by atoms with Gasteiger partial charge in [0, 0.05) is 12.6 Å². The quantitative estimate of drug-likeness (QED) is 0.896. The summed E-state index contributed by atoms with van der Waals surface area (Å²) < 4.78 is 19.6. The highest BCUT2D eigenvalue weighted by Gasteiger charge is 2.32. The van der Waals surface area contributed by atoms with E-state index < -0.39 is 0 Å². The SMILES string of the molecule is CCC(CC)C1CNC(C)C(c2cccc(F)c2)O1. The maximum atomic E-state index is 13.4. The highest BCUT2D eigenvalue weighted by atomic mass is 19.1. The maximum absolute atomic E-state index is 13.4. The van der Waals surface area contributed by atoms with Crippen LogP contribution in [0.25, 0.3) is 0 Å². The van der Waals surface area contributed by atoms with Crippen molar-refractivity contribution in [1.82, 2.24) is 5.32 Å². The van der Waals surface area contributed by atoms with E-state index in [-0.39, 0.29) is 24.1 Å². The molecule has 3 atom stereocenters. The molecule has 1 saturated heterocycles. The maximum Gasteiger partial charge on any atom is 0.123 e. The molecule has 2 rings (SSSR count). The van der Waals surface area contributed by atoms with Crippen LogP contribution in [-0.4, -0.2) is 18.7 Å². The Bertz CT molecular complexity index is 405. The van der Waals surface area contributed by atoms with Gasteiger partial charge in [0.05, 0.1) is 12.2 Å². The number of halogens is 1. The van der Waals surface area contributed by atoms with Gasteiger partial charge in [0.1, 0.15) is 5.82 Å². The van der Waals surface area contributed by atoms with E-state index in [4.69, 9.17) is 4.74 Å². The number of morpholine rings is 1. The summed E-state index contributed by atoms with van der Waals surface area (Å²) in [6.45, 7) is 7.39. The highest BCUT2D eigenvalue weighted by Crippen LogP contribution is 2.30. The molecular weight excluding hydrogens is 241 g/mol. The molecule has 1 aliphatic heterocycles. The Morgan fingerprint density at radius 2 is 2.11 bits per heavy atom. The van der Waals surface area contributed by atoms with Crippen molar-refractivity contribution < 1.29 is 9.13 Å². The molecule has 1 aromatic carbocycles. The van der Waals surface area contributed by atoms with Crippen LogP contribution in [0.5, 0.6) is 0 Å². The molecule has 0 saturated carbocycles. The second kappa shape index (κ2) is 6.49. The second-order valence-electron chi connectivity index (χ2n) is 5.42. The Labute approximate surface area is 115 Å². The van der Waals surface area contributed by atoms with E-state index in [9.17, 15) is 4.39 Å². The minimum absolute atomic E-state index is 0.0601. The van der Waals surface area contributed by atoms with Crippen molar-refractivity contribution in [3.05, 3.63) is 35.6 Å². The zero-order chi connectivity index (χ0) is 13.8. The van der Waals surface area contributed by atoms with Crippen LogP contribution in [0.15, 0.2) is 24.3 Å². The van der Waals surface area contributed by atoms with Crippen molar-refractivity contribution in [3.63, 3.8) is 0 Å². The first-order chi connectivity index (χ1) is 9.15. The van der Waals surface area contributed by atoms with Crippen molar-refractivity contribution >= 4 is 0 Å². The third kappa shape index (κ3) is 3.34. The van der Waals surface area contributed by atoms with Crippen LogP contribution in [0, 0.1) is 11.7 Å². The molecule has 2 nitrogen and oxygen atoms in total. The van der Waals surface area contributed by atoms with Gasteiger partial charge < -0.3 is 10.1 Å². The summed E-state index contributed by atoms with van der Waals surface area (Å²) in [6, 6.07) is 6.97. The molecule has 1 heterocycles. The van der Waals surface area contributed by atoms with E-state index in [0.29, 0.717) is 5.92 Å². The molecule has 1 aromatic rings. The Morgan fingerprint density at radius 1 is 1.37 bits per heavy atom. The number of rotatable bonds is 4. The summed E-state index contributed by atoms with van der Waals surface area (Å²) in [7, 11) is 0. The molecule has 0 radical (unpaired) electrons. The van der Waals surface area contributed by atoms with Crippen LogP contribution in [0.3, 0.4) is 0 Å². The van der Waals surface area contributed by atoms with Crippen LogP contribution < -0.4 is 5.32 Å². The minimum Gasteiger partial charge on any atom is -0.367 e. The zero-order valence-corrected chi connectivity index (χ0v) is 12.0. The van der Waals surface area contributed by atoms with Gasteiger partial charge in [-0.1, -0.05) is 38.8 Å². The molecule has 19 heavy (non-hydrogen) atoms. The molecule has 106 valence electrons. The first-order valence-electron chi connectivity index (χ1n) is 7.30. The van der Waals surface area contributed by atoms with Crippen molar-refractivity contribution in [3.8, 4) is 0 Å². The summed E-state index contributed by atoms with van der Waals surface area (Å²) in [4.78, 5) is 0. The van der Waals surface area contributed by atoms with Crippen LogP contribution in [0.1, 0.15) is 45.3 Å². The van der Waals surface area contributed by atoms with Crippen molar-refractivity contribution in [2.75, 3.05) is 6.54 Å². The fraction of sp³-hybridized carbons (Fsp3) is 0.625. The van der Waals surface area contributed by atoms with Crippen LogP contribution >= 0.6 is 0 Å². The number of nitrogens with one attached hydrogen (secondary N) is 1. The Hall–Kier alpha value is -0.930. The molecule has 1 N–H and O–H groups in total. The molecule has 3 unspecified atom stereocenters. The number of hydrogen-bond acceptors (Lipinski definition) is 2. The number of ether oxygens (including phenoxy) is 1. The third-order valence-electron chi connectivity index (χ3n) is 4.17. The first kappa shape index (κ1) is 14.5. The standard InChI is InChI=1S/C16H24FNO/c1-4-12(5-2)15-10-18-11(3)16(19-15)13-7-6-8-14(17)9-13/h6-9,11-12,15-16,18H,4-5,10H2,1-3H3. The van der Waals surface area contributed by atoms with Gasteiger partial charge >= 0.3 is 0 Å². The molecule has 0 bridgehead atoms. The van der Waals surface area contributed by atoms with Crippen molar-refractivity contribution in [2.24, 2.45) is 5.92 Å². The normalized spacial score (nSPS) is 27.7. The van der Waals surface area contributed by atoms with E-state index in [1.807, 2.05) is 6.07 Å². The predicted molar refractivity (Wildman–Crippen MR) is 75.6 cm³/mol. The Morgan fingerprint density at radius 3 is 2.74 bits per heavy atom. The molecule has 0 aliphatic carbocycles.